The number of nitrogens with one attached hydrogen (secondary N) is 3. The van der Waals surface area contributed by atoms with Gasteiger partial charge in [-0.05, 0) is 38.0 Å². The highest BCUT2D eigenvalue weighted by molar-refractivity contribution is 5.90. The second-order valence-corrected chi connectivity index (χ2v) is 7.18. The average molecular weight is 412 g/mol. The molecule has 0 aliphatic heterocycles. The number of ether oxygens (including phenoxy) is 1. The largest absolute Gasteiger partial charge is 0.382 e. The minimum absolute atomic E-state index is 0.142. The minimum atomic E-state index is -0.336. The van der Waals surface area contributed by atoms with E-state index in [-0.39, 0.29) is 11.9 Å². The number of carbonyl (C=O) groups excluding carboxylic acids is 1. The van der Waals surface area contributed by atoms with Crippen LogP contribution < -0.4 is 15.5 Å². The fourth-order valence-electron chi connectivity index (χ4n) is 3.04. The highest BCUT2D eigenvalue weighted by Gasteiger charge is 2.23. The van der Waals surface area contributed by atoms with Gasteiger partial charge in [0.15, 0.2) is 5.82 Å². The molecule has 0 saturated carbocycles. The summed E-state index contributed by atoms with van der Waals surface area (Å²) in [7, 11) is 3.74. The van der Waals surface area contributed by atoms with Gasteiger partial charge in [0, 0.05) is 40.4 Å². The maximum Gasteiger partial charge on any atom is 0.227 e. The molecule has 0 aliphatic rings. The van der Waals surface area contributed by atoms with E-state index in [1.807, 2.05) is 45.0 Å². The molecule has 10 heteroatoms. The van der Waals surface area contributed by atoms with E-state index < -0.39 is 0 Å². The molecule has 10 nitrogen and oxygen atoms in total. The lowest BCUT2D eigenvalue weighted by molar-refractivity contribution is -0.119. The number of nitrogens with zero attached hydrogens (tertiary/aromatic N) is 5. The fourth-order valence-corrected chi connectivity index (χ4v) is 3.04. The molecule has 0 saturated heterocycles. The number of hydrogen-bond acceptors (Lipinski definition) is 8. The molecule has 0 fully saturated rings. The second kappa shape index (κ2) is 9.49. The lowest BCUT2D eigenvalue weighted by atomic mass is 10.1. The Labute approximate surface area is 175 Å². The fraction of sp³-hybridized carbons (Fsp3) is 0.450. The van der Waals surface area contributed by atoms with Crippen molar-refractivity contribution in [2.45, 2.75) is 33.2 Å². The summed E-state index contributed by atoms with van der Waals surface area (Å²) in [5.74, 6) is 1.61. The first kappa shape index (κ1) is 21.4. The van der Waals surface area contributed by atoms with Crippen LogP contribution in [0, 0.1) is 6.92 Å². The standard InChI is InChI=1S/C20H28N8O2/c1-6-30-10-8-14(22-13(3)29)16-17-18(27-26-16)19(25-20(24-17)28(4)5)23-15-11-12(2)7-9-21-15/h7,9,11,14H,6,8,10H2,1-5H3,(H,22,29)(H,26,27)(H,21,23,24,25). The number of aromatic amines is 1. The number of rotatable bonds is 9. The summed E-state index contributed by atoms with van der Waals surface area (Å²) in [6, 6.07) is 3.53. The van der Waals surface area contributed by atoms with Crippen molar-refractivity contribution in [2.24, 2.45) is 0 Å². The van der Waals surface area contributed by atoms with E-state index in [0.717, 1.165) is 5.56 Å². The predicted octanol–water partition coefficient (Wildman–Crippen LogP) is 2.47. The molecule has 0 aliphatic carbocycles. The molecule has 1 atom stereocenters. The highest BCUT2D eigenvalue weighted by Crippen LogP contribution is 2.29. The van der Waals surface area contributed by atoms with Gasteiger partial charge in [-0.25, -0.2) is 9.97 Å². The van der Waals surface area contributed by atoms with E-state index in [1.54, 1.807) is 6.20 Å². The molecule has 1 unspecified atom stereocenters. The molecule has 3 N–H and O–H groups in total. The van der Waals surface area contributed by atoms with Crippen molar-refractivity contribution in [1.82, 2.24) is 30.5 Å². The quantitative estimate of drug-likeness (QED) is 0.458. The molecule has 0 radical (unpaired) electrons. The average Bonchev–Trinajstić information content (AvgIpc) is 3.11. The van der Waals surface area contributed by atoms with Crippen molar-refractivity contribution >= 4 is 34.5 Å². The molecule has 3 aromatic rings. The number of aryl methyl sites for hydroxylation is 1. The Morgan fingerprint density at radius 1 is 1.33 bits per heavy atom. The highest BCUT2D eigenvalue weighted by atomic mass is 16.5. The number of carbonyl (C=O) groups is 1. The van der Waals surface area contributed by atoms with Crippen LogP contribution in [0.2, 0.25) is 0 Å². The van der Waals surface area contributed by atoms with E-state index in [9.17, 15) is 4.79 Å². The zero-order chi connectivity index (χ0) is 21.7. The topological polar surface area (TPSA) is 121 Å². The lowest BCUT2D eigenvalue weighted by Crippen LogP contribution is -2.27. The van der Waals surface area contributed by atoms with E-state index >= 15 is 0 Å². The van der Waals surface area contributed by atoms with E-state index in [1.165, 1.54) is 6.92 Å². The van der Waals surface area contributed by atoms with Crippen LogP contribution in [0.15, 0.2) is 18.3 Å². The Morgan fingerprint density at radius 3 is 2.80 bits per heavy atom. The first-order chi connectivity index (χ1) is 14.4. The van der Waals surface area contributed by atoms with Crippen LogP contribution in [-0.2, 0) is 9.53 Å². The smallest absolute Gasteiger partial charge is 0.227 e. The first-order valence-electron chi connectivity index (χ1n) is 9.87. The maximum atomic E-state index is 11.8. The number of H-pyrrole nitrogens is 1. The zero-order valence-corrected chi connectivity index (χ0v) is 18.0. The van der Waals surface area contributed by atoms with Crippen LogP contribution in [0.25, 0.3) is 11.0 Å². The van der Waals surface area contributed by atoms with E-state index in [0.29, 0.717) is 53.9 Å². The van der Waals surface area contributed by atoms with E-state index in [2.05, 4.69) is 35.8 Å². The molecule has 3 aromatic heterocycles. The van der Waals surface area contributed by atoms with Crippen molar-refractivity contribution in [3.8, 4) is 0 Å². The predicted molar refractivity (Wildman–Crippen MR) is 116 cm³/mol. The molecule has 0 bridgehead atoms. The number of anilines is 3. The monoisotopic (exact) mass is 412 g/mol. The second-order valence-electron chi connectivity index (χ2n) is 7.18. The van der Waals surface area contributed by atoms with Gasteiger partial charge in [-0.2, -0.15) is 10.1 Å². The van der Waals surface area contributed by atoms with Gasteiger partial charge < -0.3 is 20.3 Å². The molecule has 3 rings (SSSR count). The third kappa shape index (κ3) is 5.01. The molecule has 0 spiro atoms. The van der Waals surface area contributed by atoms with Crippen molar-refractivity contribution in [1.29, 1.82) is 0 Å². The summed E-state index contributed by atoms with van der Waals surface area (Å²) < 4.78 is 5.48. The Kier molecular flexibility index (Phi) is 6.78. The molecular weight excluding hydrogens is 384 g/mol. The van der Waals surface area contributed by atoms with Crippen LogP contribution in [0.3, 0.4) is 0 Å². The van der Waals surface area contributed by atoms with Crippen molar-refractivity contribution in [2.75, 3.05) is 37.5 Å². The van der Waals surface area contributed by atoms with Gasteiger partial charge in [0.05, 0.1) is 6.04 Å². The Morgan fingerprint density at radius 2 is 2.13 bits per heavy atom. The van der Waals surface area contributed by atoms with Crippen LogP contribution in [-0.4, -0.2) is 58.4 Å². The summed E-state index contributed by atoms with van der Waals surface area (Å²) in [5.41, 5.74) is 3.01. The van der Waals surface area contributed by atoms with Crippen LogP contribution >= 0.6 is 0 Å². The molecule has 0 aromatic carbocycles. The van der Waals surface area contributed by atoms with Gasteiger partial charge in [-0.15, -0.1) is 0 Å². The lowest BCUT2D eigenvalue weighted by Gasteiger charge is -2.17. The summed E-state index contributed by atoms with van der Waals surface area (Å²) in [5, 5.41) is 13.7. The SMILES string of the molecule is CCOCCC(NC(C)=O)c1n[nH]c2c(Nc3cc(C)ccn3)nc(N(C)C)nc12. The number of aromatic nitrogens is 5. The van der Waals surface area contributed by atoms with Crippen molar-refractivity contribution in [3.05, 3.63) is 29.6 Å². The van der Waals surface area contributed by atoms with Crippen molar-refractivity contribution in [3.63, 3.8) is 0 Å². The number of amides is 1. The molecule has 30 heavy (non-hydrogen) atoms. The van der Waals surface area contributed by atoms with Gasteiger partial charge in [-0.1, -0.05) is 0 Å². The molecule has 160 valence electrons. The van der Waals surface area contributed by atoms with Gasteiger partial charge in [0.2, 0.25) is 11.9 Å². The van der Waals surface area contributed by atoms with Gasteiger partial charge in [0.25, 0.3) is 0 Å². The summed E-state index contributed by atoms with van der Waals surface area (Å²) in [4.78, 5) is 27.2. The Balaban J connectivity index is 2.06. The number of hydrogen-bond donors (Lipinski definition) is 3. The summed E-state index contributed by atoms with van der Waals surface area (Å²) in [6.45, 7) is 6.53. The van der Waals surface area contributed by atoms with Crippen molar-refractivity contribution < 1.29 is 9.53 Å². The van der Waals surface area contributed by atoms with Crippen LogP contribution in [0.5, 0.6) is 0 Å². The Bertz CT molecular complexity index is 1020. The summed E-state index contributed by atoms with van der Waals surface area (Å²) >= 11 is 0. The third-order valence-corrected chi connectivity index (χ3v) is 4.45. The summed E-state index contributed by atoms with van der Waals surface area (Å²) in [6.07, 6.45) is 2.32. The maximum absolute atomic E-state index is 11.8. The molecular formula is C20H28N8O2. The zero-order valence-electron chi connectivity index (χ0n) is 18.0. The van der Waals surface area contributed by atoms with E-state index in [4.69, 9.17) is 4.74 Å². The molecule has 3 heterocycles. The number of fused-ring (bicyclic) bond motifs is 1. The number of pyridine rings is 1. The van der Waals surface area contributed by atoms with Crippen LogP contribution in [0.1, 0.15) is 37.6 Å². The minimum Gasteiger partial charge on any atom is -0.382 e. The van der Waals surface area contributed by atoms with Gasteiger partial charge in [-0.3, -0.25) is 9.89 Å². The third-order valence-electron chi connectivity index (χ3n) is 4.45. The molecule has 1 amide bonds. The Hall–Kier alpha value is -3.27. The van der Waals surface area contributed by atoms with Crippen LogP contribution in [0.4, 0.5) is 17.6 Å². The van der Waals surface area contributed by atoms with Gasteiger partial charge in [0.1, 0.15) is 22.5 Å². The van der Waals surface area contributed by atoms with Gasteiger partial charge >= 0.3 is 0 Å². The first-order valence-corrected chi connectivity index (χ1v) is 9.87. The normalized spacial score (nSPS) is 12.0.